The number of amides is 1. The third-order valence-corrected chi connectivity index (χ3v) is 9.41. The highest BCUT2D eigenvalue weighted by atomic mass is 16.6. The van der Waals surface area contributed by atoms with E-state index in [9.17, 15) is 9.59 Å². The van der Waals surface area contributed by atoms with Crippen molar-refractivity contribution in [1.82, 2.24) is 24.6 Å². The Kier molecular flexibility index (Phi) is 11.4. The molecule has 0 radical (unpaired) electrons. The fourth-order valence-electron chi connectivity index (χ4n) is 6.89. The largest absolute Gasteiger partial charge is 0.493 e. The first-order valence-corrected chi connectivity index (χ1v) is 17.3. The lowest BCUT2D eigenvalue weighted by Crippen LogP contribution is -2.50. The first-order chi connectivity index (χ1) is 23.3. The minimum Gasteiger partial charge on any atom is -0.493 e. The van der Waals surface area contributed by atoms with Gasteiger partial charge in [-0.05, 0) is 108 Å². The number of rotatable bonds is 11. The average Bonchev–Trinajstić information content (AvgIpc) is 3.66. The summed E-state index contributed by atoms with van der Waals surface area (Å²) in [6, 6.07) is 12.5. The Labute approximate surface area is 290 Å². The predicted octanol–water partition coefficient (Wildman–Crippen LogP) is 5.13. The zero-order chi connectivity index (χ0) is 35.3. The van der Waals surface area contributed by atoms with Gasteiger partial charge < -0.3 is 34.6 Å². The van der Waals surface area contributed by atoms with E-state index in [1.807, 2.05) is 44.5 Å². The number of methoxy groups -OCH3 is 2. The molecule has 1 aromatic carbocycles. The fraction of sp³-hybridized carbons (Fsp3) is 0.568. The van der Waals surface area contributed by atoms with E-state index in [0.29, 0.717) is 43.7 Å². The van der Waals surface area contributed by atoms with Gasteiger partial charge in [0.25, 0.3) is 0 Å². The van der Waals surface area contributed by atoms with Gasteiger partial charge in [-0.1, -0.05) is 0 Å². The Morgan fingerprint density at radius 3 is 2.37 bits per heavy atom. The van der Waals surface area contributed by atoms with Crippen molar-refractivity contribution in [3.05, 3.63) is 59.0 Å². The number of esters is 1. The third kappa shape index (κ3) is 9.44. The first-order valence-electron chi connectivity index (χ1n) is 17.3. The van der Waals surface area contributed by atoms with Crippen LogP contribution in [0.2, 0.25) is 0 Å². The second-order valence-corrected chi connectivity index (χ2v) is 14.4. The number of pyridine rings is 1. The van der Waals surface area contributed by atoms with Crippen molar-refractivity contribution < 1.29 is 23.8 Å². The molecule has 49 heavy (non-hydrogen) atoms. The monoisotopic (exact) mass is 675 g/mol. The van der Waals surface area contributed by atoms with Crippen molar-refractivity contribution in [2.45, 2.75) is 71.8 Å². The van der Waals surface area contributed by atoms with E-state index < -0.39 is 5.60 Å². The summed E-state index contributed by atoms with van der Waals surface area (Å²) in [6.07, 6.45) is 2.96. The molecule has 1 amide bonds. The first kappa shape index (κ1) is 36.0. The Morgan fingerprint density at radius 1 is 1.00 bits per heavy atom. The van der Waals surface area contributed by atoms with Gasteiger partial charge in [0.15, 0.2) is 11.6 Å². The highest BCUT2D eigenvalue weighted by Crippen LogP contribution is 2.33. The van der Waals surface area contributed by atoms with Crippen LogP contribution in [-0.4, -0.2) is 102 Å². The summed E-state index contributed by atoms with van der Waals surface area (Å²) in [5.41, 5.74) is 11.5. The molecule has 4 heterocycles. The van der Waals surface area contributed by atoms with Crippen molar-refractivity contribution in [3.63, 3.8) is 0 Å². The number of anilines is 2. The van der Waals surface area contributed by atoms with Crippen LogP contribution in [-0.2, 0) is 20.7 Å². The van der Waals surface area contributed by atoms with E-state index in [4.69, 9.17) is 25.0 Å². The highest BCUT2D eigenvalue weighted by molar-refractivity contribution is 5.71. The molecule has 2 aromatic heterocycles. The number of benzene rings is 1. The summed E-state index contributed by atoms with van der Waals surface area (Å²) < 4.78 is 18.0. The summed E-state index contributed by atoms with van der Waals surface area (Å²) in [5, 5.41) is 4.79. The summed E-state index contributed by atoms with van der Waals surface area (Å²) in [7, 11) is 3.05. The van der Waals surface area contributed by atoms with Crippen molar-refractivity contribution in [2.75, 3.05) is 70.7 Å². The summed E-state index contributed by atoms with van der Waals surface area (Å²) in [4.78, 5) is 36.7. The predicted molar refractivity (Wildman–Crippen MR) is 191 cm³/mol. The molecule has 2 N–H and O–H groups in total. The molecular weight excluding hydrogens is 622 g/mol. The molecule has 2 saturated heterocycles. The van der Waals surface area contributed by atoms with Crippen LogP contribution >= 0.6 is 0 Å². The quantitative estimate of drug-likeness (QED) is 0.273. The maximum atomic E-state index is 12.8. The normalized spacial score (nSPS) is 17.7. The van der Waals surface area contributed by atoms with Crippen LogP contribution in [0.15, 0.2) is 36.4 Å². The van der Waals surface area contributed by atoms with E-state index in [2.05, 4.69) is 46.0 Å². The molecule has 12 nitrogen and oxygen atoms in total. The van der Waals surface area contributed by atoms with Crippen molar-refractivity contribution in [1.29, 1.82) is 0 Å². The number of ether oxygens (including phenoxy) is 3. The smallest absolute Gasteiger partial charge is 0.410 e. The van der Waals surface area contributed by atoms with E-state index in [-0.39, 0.29) is 24.4 Å². The minimum absolute atomic E-state index is 0.0760. The zero-order valence-electron chi connectivity index (χ0n) is 30.2. The van der Waals surface area contributed by atoms with Crippen LogP contribution < -0.4 is 15.4 Å². The lowest BCUT2D eigenvalue weighted by Gasteiger charge is -2.37. The van der Waals surface area contributed by atoms with Gasteiger partial charge in [0.1, 0.15) is 5.60 Å². The van der Waals surface area contributed by atoms with Gasteiger partial charge in [0.05, 0.1) is 32.0 Å². The number of nitrogens with two attached hydrogens (primary N) is 1. The van der Waals surface area contributed by atoms with E-state index >= 15 is 0 Å². The number of carbonyl (C=O) groups excluding carboxylic acids is 2. The van der Waals surface area contributed by atoms with Crippen LogP contribution in [0.5, 0.6) is 5.75 Å². The number of likely N-dealkylation sites (tertiary alicyclic amines) is 1. The van der Waals surface area contributed by atoms with E-state index in [1.54, 1.807) is 12.0 Å². The van der Waals surface area contributed by atoms with Gasteiger partial charge >= 0.3 is 12.1 Å². The second-order valence-electron chi connectivity index (χ2n) is 14.4. The summed E-state index contributed by atoms with van der Waals surface area (Å²) in [5.74, 6) is 1.24. The molecule has 0 aliphatic carbocycles. The van der Waals surface area contributed by atoms with Gasteiger partial charge in [-0.2, -0.15) is 5.10 Å². The van der Waals surface area contributed by atoms with E-state index in [0.717, 1.165) is 72.9 Å². The standard InChI is InChI=1S/C37H53N7O5/c1-25-18-26(2)44(40-25)32-20-28(19-31(22-32)42-14-16-43(17-15-42)36(46)49-37(3,4)5)29(21-34(45)48-7)24-41-13-12-27(23-41)8-9-30-10-11-33(47-6)35(38)39-30/h10-11,18-20,22,27,29H,8-9,12-17,21,23-24H2,1-7H3,(H2,38,39). The maximum Gasteiger partial charge on any atom is 0.410 e. The van der Waals surface area contributed by atoms with Crippen molar-refractivity contribution >= 4 is 23.6 Å². The number of nitrogen functional groups attached to an aromatic ring is 1. The average molecular weight is 676 g/mol. The van der Waals surface area contributed by atoms with E-state index in [1.165, 1.54) is 7.11 Å². The van der Waals surface area contributed by atoms with Crippen molar-refractivity contribution in [3.8, 4) is 11.4 Å². The molecule has 0 spiro atoms. The molecule has 2 aliphatic rings. The second kappa shape index (κ2) is 15.5. The maximum absolute atomic E-state index is 12.8. The molecule has 2 unspecified atom stereocenters. The molecule has 0 saturated carbocycles. The molecule has 2 atom stereocenters. The Hall–Kier alpha value is -4.32. The molecule has 2 aliphatic heterocycles. The van der Waals surface area contributed by atoms with Gasteiger partial charge in [-0.25, -0.2) is 14.5 Å². The van der Waals surface area contributed by atoms with Gasteiger partial charge in [0.2, 0.25) is 0 Å². The Bertz CT molecular complexity index is 1610. The molecule has 2 fully saturated rings. The number of hydrogen-bond acceptors (Lipinski definition) is 10. The number of hydrogen-bond donors (Lipinski definition) is 1. The highest BCUT2D eigenvalue weighted by Gasteiger charge is 2.30. The third-order valence-electron chi connectivity index (χ3n) is 9.41. The lowest BCUT2D eigenvalue weighted by molar-refractivity contribution is -0.141. The number of nitrogens with zero attached hydrogens (tertiary/aromatic N) is 6. The molecule has 266 valence electrons. The molecular formula is C37H53N7O5. The molecule has 12 heteroatoms. The fourth-order valence-corrected chi connectivity index (χ4v) is 6.89. The Morgan fingerprint density at radius 2 is 1.73 bits per heavy atom. The minimum atomic E-state index is -0.538. The summed E-state index contributed by atoms with van der Waals surface area (Å²) >= 11 is 0. The van der Waals surface area contributed by atoms with Gasteiger partial charge in [0, 0.05) is 62.3 Å². The number of carbonyl (C=O) groups is 2. The SMILES string of the molecule is COC(=O)CC(CN1CCC(CCc2ccc(OC)c(N)n2)C1)c1cc(N2CCN(C(=O)OC(C)(C)C)CC2)cc(-n2nc(C)cc2C)c1. The molecule has 3 aromatic rings. The van der Waals surface area contributed by atoms with Crippen molar-refractivity contribution in [2.24, 2.45) is 5.92 Å². The number of piperazine rings is 1. The van der Waals surface area contributed by atoms with Gasteiger partial charge in [-0.3, -0.25) is 4.79 Å². The number of aryl methyl sites for hydroxylation is 3. The van der Waals surface area contributed by atoms with Crippen LogP contribution in [0.1, 0.15) is 68.6 Å². The Balaban J connectivity index is 1.34. The van der Waals surface area contributed by atoms with Crippen LogP contribution in [0, 0.1) is 19.8 Å². The molecule has 0 bridgehead atoms. The van der Waals surface area contributed by atoms with Crippen LogP contribution in [0.3, 0.4) is 0 Å². The summed E-state index contributed by atoms with van der Waals surface area (Å²) in [6.45, 7) is 14.8. The lowest BCUT2D eigenvalue weighted by atomic mass is 9.93. The molecule has 5 rings (SSSR count). The number of aromatic nitrogens is 3. The van der Waals surface area contributed by atoms with Crippen LogP contribution in [0.4, 0.5) is 16.3 Å². The topological polar surface area (TPSA) is 128 Å². The van der Waals surface area contributed by atoms with Crippen LogP contribution in [0.25, 0.3) is 5.69 Å². The van der Waals surface area contributed by atoms with Gasteiger partial charge in [-0.15, -0.1) is 0 Å². The zero-order valence-corrected chi connectivity index (χ0v) is 30.2.